The highest BCUT2D eigenvalue weighted by Crippen LogP contribution is 2.34. The number of pyridine rings is 1. The molecule has 2 aliphatic rings. The SMILES string of the molecule is c1cnc2[nH]cc(C3CCN(c4cc(N5CCSCC5)ncn4)CC3)c2c1. The Hall–Kier alpha value is -2.28. The van der Waals surface area contributed by atoms with Crippen LogP contribution in [0.4, 0.5) is 11.6 Å². The van der Waals surface area contributed by atoms with Gasteiger partial charge in [0, 0.05) is 61.5 Å². The lowest BCUT2D eigenvalue weighted by molar-refractivity contribution is 0.505. The van der Waals surface area contributed by atoms with Gasteiger partial charge in [-0.1, -0.05) is 0 Å². The van der Waals surface area contributed by atoms with Gasteiger partial charge in [0.15, 0.2) is 0 Å². The molecular formula is C20H24N6S. The number of piperidine rings is 1. The van der Waals surface area contributed by atoms with Crippen LogP contribution in [-0.2, 0) is 0 Å². The van der Waals surface area contributed by atoms with E-state index in [0.717, 1.165) is 56.3 Å². The van der Waals surface area contributed by atoms with Crippen molar-refractivity contribution in [2.45, 2.75) is 18.8 Å². The Labute approximate surface area is 163 Å². The molecule has 140 valence electrons. The van der Waals surface area contributed by atoms with Crippen molar-refractivity contribution in [2.75, 3.05) is 47.5 Å². The first-order chi connectivity index (χ1) is 13.4. The summed E-state index contributed by atoms with van der Waals surface area (Å²) in [6.07, 6.45) is 8.00. The van der Waals surface area contributed by atoms with Gasteiger partial charge in [-0.25, -0.2) is 15.0 Å². The van der Waals surface area contributed by atoms with Crippen molar-refractivity contribution in [3.63, 3.8) is 0 Å². The molecule has 0 unspecified atom stereocenters. The maximum absolute atomic E-state index is 4.56. The molecule has 2 aliphatic heterocycles. The summed E-state index contributed by atoms with van der Waals surface area (Å²) >= 11 is 2.02. The van der Waals surface area contributed by atoms with Gasteiger partial charge in [0.2, 0.25) is 0 Å². The Morgan fingerprint density at radius 3 is 2.48 bits per heavy atom. The molecule has 5 heterocycles. The number of aromatic nitrogens is 4. The molecule has 5 rings (SSSR count). The van der Waals surface area contributed by atoms with Gasteiger partial charge in [0.05, 0.1) is 0 Å². The minimum Gasteiger partial charge on any atom is -0.356 e. The summed E-state index contributed by atoms with van der Waals surface area (Å²) in [5, 5.41) is 1.27. The van der Waals surface area contributed by atoms with E-state index < -0.39 is 0 Å². The maximum atomic E-state index is 4.56. The van der Waals surface area contributed by atoms with Gasteiger partial charge in [0.25, 0.3) is 0 Å². The Kier molecular flexibility index (Phi) is 4.61. The number of hydrogen-bond acceptors (Lipinski definition) is 6. The third-order valence-corrected chi connectivity index (χ3v) is 6.66. The second-order valence-electron chi connectivity index (χ2n) is 7.24. The molecule has 3 aromatic heterocycles. The number of H-pyrrole nitrogens is 1. The molecule has 6 nitrogen and oxygen atoms in total. The first-order valence-electron chi connectivity index (χ1n) is 9.70. The second-order valence-corrected chi connectivity index (χ2v) is 8.46. The predicted molar refractivity (Wildman–Crippen MR) is 112 cm³/mol. The van der Waals surface area contributed by atoms with Crippen molar-refractivity contribution in [1.82, 2.24) is 19.9 Å². The van der Waals surface area contributed by atoms with Gasteiger partial charge in [0.1, 0.15) is 23.6 Å². The third kappa shape index (κ3) is 3.36. The molecule has 0 saturated carbocycles. The van der Waals surface area contributed by atoms with Crippen molar-refractivity contribution < 1.29 is 0 Å². The Morgan fingerprint density at radius 1 is 0.963 bits per heavy atom. The third-order valence-electron chi connectivity index (χ3n) is 5.72. The molecule has 7 heteroatoms. The van der Waals surface area contributed by atoms with E-state index in [9.17, 15) is 0 Å². The number of nitrogens with zero attached hydrogens (tertiary/aromatic N) is 5. The van der Waals surface area contributed by atoms with Crippen molar-refractivity contribution in [1.29, 1.82) is 0 Å². The van der Waals surface area contributed by atoms with Gasteiger partial charge >= 0.3 is 0 Å². The fourth-order valence-corrected chi connectivity index (χ4v) is 5.11. The molecule has 0 radical (unpaired) electrons. The molecular weight excluding hydrogens is 356 g/mol. The monoisotopic (exact) mass is 380 g/mol. The Morgan fingerprint density at radius 2 is 1.70 bits per heavy atom. The number of anilines is 2. The standard InChI is InChI=1S/C20H24N6S/c1-2-16-17(13-22-20(16)21-5-1)15-3-6-25(7-4-15)18-12-19(24-14-23-18)26-8-10-27-11-9-26/h1-2,5,12-15H,3-4,6-11H2,(H,21,22). The summed E-state index contributed by atoms with van der Waals surface area (Å²) in [7, 11) is 0. The highest BCUT2D eigenvalue weighted by molar-refractivity contribution is 7.99. The topological polar surface area (TPSA) is 60.9 Å². The largest absolute Gasteiger partial charge is 0.356 e. The van der Waals surface area contributed by atoms with E-state index in [1.54, 1.807) is 6.33 Å². The summed E-state index contributed by atoms with van der Waals surface area (Å²) in [6, 6.07) is 6.37. The van der Waals surface area contributed by atoms with Gasteiger partial charge in [-0.15, -0.1) is 0 Å². The van der Waals surface area contributed by atoms with Gasteiger partial charge < -0.3 is 14.8 Å². The van der Waals surface area contributed by atoms with Crippen LogP contribution in [0, 0.1) is 0 Å². The van der Waals surface area contributed by atoms with E-state index in [-0.39, 0.29) is 0 Å². The summed E-state index contributed by atoms with van der Waals surface area (Å²) in [6.45, 7) is 4.23. The average Bonchev–Trinajstić information content (AvgIpc) is 3.19. The van der Waals surface area contributed by atoms with Crippen LogP contribution < -0.4 is 9.80 Å². The number of hydrogen-bond donors (Lipinski definition) is 1. The van der Waals surface area contributed by atoms with Gasteiger partial charge in [-0.05, 0) is 36.5 Å². The zero-order chi connectivity index (χ0) is 18.1. The molecule has 0 aliphatic carbocycles. The van der Waals surface area contributed by atoms with Crippen LogP contribution in [0.15, 0.2) is 36.9 Å². The molecule has 27 heavy (non-hydrogen) atoms. The summed E-state index contributed by atoms with van der Waals surface area (Å²) in [4.78, 5) is 21.6. The highest BCUT2D eigenvalue weighted by atomic mass is 32.2. The quantitative estimate of drug-likeness (QED) is 0.752. The molecule has 0 amide bonds. The Balaban J connectivity index is 1.29. The Bertz CT molecular complexity index is 911. The van der Waals surface area contributed by atoms with E-state index in [1.807, 2.05) is 24.0 Å². The number of thioether (sulfide) groups is 1. The summed E-state index contributed by atoms with van der Waals surface area (Å²) in [5.74, 6) is 5.09. The number of aromatic amines is 1. The fourth-order valence-electron chi connectivity index (χ4n) is 4.21. The molecule has 0 spiro atoms. The smallest absolute Gasteiger partial charge is 0.137 e. The molecule has 2 saturated heterocycles. The average molecular weight is 381 g/mol. The lowest BCUT2D eigenvalue weighted by atomic mass is 9.89. The highest BCUT2D eigenvalue weighted by Gasteiger charge is 2.24. The minimum absolute atomic E-state index is 0.583. The maximum Gasteiger partial charge on any atom is 0.137 e. The molecule has 0 aromatic carbocycles. The van der Waals surface area contributed by atoms with E-state index in [2.05, 4.69) is 48.1 Å². The van der Waals surface area contributed by atoms with Crippen LogP contribution in [0.5, 0.6) is 0 Å². The number of fused-ring (bicyclic) bond motifs is 1. The molecule has 1 N–H and O–H groups in total. The first-order valence-corrected chi connectivity index (χ1v) is 10.9. The lowest BCUT2D eigenvalue weighted by Crippen LogP contribution is -2.35. The second kappa shape index (κ2) is 7.38. The zero-order valence-corrected chi connectivity index (χ0v) is 16.2. The summed E-state index contributed by atoms with van der Waals surface area (Å²) in [5.41, 5.74) is 2.40. The summed E-state index contributed by atoms with van der Waals surface area (Å²) < 4.78 is 0. The van der Waals surface area contributed by atoms with Crippen LogP contribution >= 0.6 is 11.8 Å². The molecule has 0 atom stereocenters. The zero-order valence-electron chi connectivity index (χ0n) is 15.3. The van der Waals surface area contributed by atoms with Crippen molar-refractivity contribution in [2.24, 2.45) is 0 Å². The van der Waals surface area contributed by atoms with E-state index in [4.69, 9.17) is 0 Å². The van der Waals surface area contributed by atoms with Crippen LogP contribution in [-0.4, -0.2) is 57.6 Å². The van der Waals surface area contributed by atoms with Crippen LogP contribution in [0.2, 0.25) is 0 Å². The first kappa shape index (κ1) is 16.9. The minimum atomic E-state index is 0.583. The van der Waals surface area contributed by atoms with E-state index in [0.29, 0.717) is 5.92 Å². The van der Waals surface area contributed by atoms with Gasteiger partial charge in [-0.2, -0.15) is 11.8 Å². The molecule has 2 fully saturated rings. The van der Waals surface area contributed by atoms with Crippen molar-refractivity contribution in [3.8, 4) is 0 Å². The van der Waals surface area contributed by atoms with Crippen LogP contribution in [0.1, 0.15) is 24.3 Å². The normalized spacial score (nSPS) is 19.0. The fraction of sp³-hybridized carbons (Fsp3) is 0.450. The van der Waals surface area contributed by atoms with Crippen LogP contribution in [0.3, 0.4) is 0 Å². The van der Waals surface area contributed by atoms with E-state index >= 15 is 0 Å². The van der Waals surface area contributed by atoms with E-state index in [1.165, 1.54) is 22.5 Å². The lowest BCUT2D eigenvalue weighted by Gasteiger charge is -2.33. The predicted octanol–water partition coefficient (Wildman–Crippen LogP) is 3.29. The van der Waals surface area contributed by atoms with Crippen molar-refractivity contribution in [3.05, 3.63) is 42.5 Å². The molecule has 0 bridgehead atoms. The van der Waals surface area contributed by atoms with Crippen LogP contribution in [0.25, 0.3) is 11.0 Å². The van der Waals surface area contributed by atoms with Gasteiger partial charge in [-0.3, -0.25) is 0 Å². The molecule has 3 aromatic rings. The number of nitrogens with one attached hydrogen (secondary N) is 1. The van der Waals surface area contributed by atoms with Crippen molar-refractivity contribution >= 4 is 34.4 Å². The number of rotatable bonds is 3.